The van der Waals surface area contributed by atoms with Gasteiger partial charge in [0, 0.05) is 18.6 Å². The second-order valence-corrected chi connectivity index (χ2v) is 5.55. The second-order valence-electron chi connectivity index (χ2n) is 5.14. The number of carbonyl (C=O) groups excluding carboxylic acids is 1. The van der Waals surface area contributed by atoms with E-state index in [0.717, 1.165) is 5.69 Å². The summed E-state index contributed by atoms with van der Waals surface area (Å²) in [6.45, 7) is 0. The molecule has 24 heavy (non-hydrogen) atoms. The van der Waals surface area contributed by atoms with Crippen LogP contribution in [0.3, 0.4) is 0 Å². The summed E-state index contributed by atoms with van der Waals surface area (Å²) < 4.78 is 3.44. The molecule has 0 spiro atoms. The Bertz CT molecular complexity index is 1020. The number of benzene rings is 1. The molecule has 0 aliphatic carbocycles. The number of pyridine rings is 1. The van der Waals surface area contributed by atoms with Crippen molar-refractivity contribution in [1.29, 1.82) is 0 Å². The Morgan fingerprint density at radius 2 is 2.00 bits per heavy atom. The van der Waals surface area contributed by atoms with Crippen molar-refractivity contribution in [2.75, 3.05) is 5.32 Å². The summed E-state index contributed by atoms with van der Waals surface area (Å²) in [5.74, 6) is -0.284. The van der Waals surface area contributed by atoms with E-state index in [4.69, 9.17) is 11.6 Å². The predicted molar refractivity (Wildman–Crippen MR) is 91.7 cm³/mol. The van der Waals surface area contributed by atoms with Gasteiger partial charge in [-0.3, -0.25) is 9.20 Å². The molecule has 1 amide bonds. The number of rotatable bonds is 3. The van der Waals surface area contributed by atoms with Gasteiger partial charge < -0.3 is 5.32 Å². The van der Waals surface area contributed by atoms with Gasteiger partial charge in [-0.25, -0.2) is 9.67 Å². The van der Waals surface area contributed by atoms with Gasteiger partial charge in [0.2, 0.25) is 0 Å². The predicted octanol–water partition coefficient (Wildman–Crippen LogP) is 3.43. The van der Waals surface area contributed by atoms with Crippen molar-refractivity contribution < 1.29 is 4.79 Å². The molecule has 0 unspecified atom stereocenters. The van der Waals surface area contributed by atoms with Crippen LogP contribution in [-0.4, -0.2) is 25.1 Å². The van der Waals surface area contributed by atoms with Crippen molar-refractivity contribution in [2.24, 2.45) is 0 Å². The van der Waals surface area contributed by atoms with Crippen LogP contribution in [0.5, 0.6) is 0 Å². The van der Waals surface area contributed by atoms with Crippen LogP contribution in [0.15, 0.2) is 67.3 Å². The van der Waals surface area contributed by atoms with E-state index in [0.29, 0.717) is 22.1 Å². The molecule has 0 aliphatic rings. The number of amides is 1. The summed E-state index contributed by atoms with van der Waals surface area (Å²) in [5.41, 5.74) is 2.48. The maximum atomic E-state index is 12.6. The zero-order valence-electron chi connectivity index (χ0n) is 12.4. The normalized spacial score (nSPS) is 10.9. The molecule has 0 radical (unpaired) electrons. The highest BCUT2D eigenvalue weighted by Gasteiger charge is 2.14. The van der Waals surface area contributed by atoms with Gasteiger partial charge >= 0.3 is 0 Å². The summed E-state index contributed by atoms with van der Waals surface area (Å²) >= 11 is 6.09. The van der Waals surface area contributed by atoms with Crippen LogP contribution in [0, 0.1) is 0 Å². The van der Waals surface area contributed by atoms with Gasteiger partial charge in [0.15, 0.2) is 0 Å². The van der Waals surface area contributed by atoms with E-state index < -0.39 is 0 Å². The van der Waals surface area contributed by atoms with Gasteiger partial charge in [-0.2, -0.15) is 5.10 Å². The molecule has 0 bridgehead atoms. The molecule has 118 valence electrons. The Balaban J connectivity index is 1.72. The number of fused-ring (bicyclic) bond motifs is 1. The molecule has 4 aromatic rings. The van der Waals surface area contributed by atoms with Crippen LogP contribution < -0.4 is 5.32 Å². The minimum Gasteiger partial charge on any atom is -0.319 e. The minimum atomic E-state index is -0.284. The fourth-order valence-corrected chi connectivity index (χ4v) is 2.63. The molecule has 1 aromatic carbocycles. The maximum Gasteiger partial charge on any atom is 0.274 e. The molecule has 0 saturated heterocycles. The van der Waals surface area contributed by atoms with Crippen molar-refractivity contribution in [2.45, 2.75) is 0 Å². The van der Waals surface area contributed by atoms with Crippen molar-refractivity contribution in [1.82, 2.24) is 19.2 Å². The Hall–Kier alpha value is -3.12. The third kappa shape index (κ3) is 2.53. The van der Waals surface area contributed by atoms with Gasteiger partial charge in [-0.15, -0.1) is 0 Å². The summed E-state index contributed by atoms with van der Waals surface area (Å²) in [5, 5.41) is 7.48. The molecule has 7 heteroatoms. The second kappa shape index (κ2) is 5.82. The van der Waals surface area contributed by atoms with Gasteiger partial charge in [-0.05, 0) is 30.3 Å². The third-order valence-electron chi connectivity index (χ3n) is 3.61. The maximum absolute atomic E-state index is 12.6. The van der Waals surface area contributed by atoms with E-state index in [2.05, 4.69) is 15.4 Å². The number of hydrogen-bond acceptors (Lipinski definition) is 3. The van der Waals surface area contributed by atoms with Crippen LogP contribution in [0.2, 0.25) is 5.02 Å². The number of nitrogens with one attached hydrogen (secondary N) is 1. The first kappa shape index (κ1) is 14.5. The molecule has 3 heterocycles. The first-order chi connectivity index (χ1) is 11.7. The van der Waals surface area contributed by atoms with E-state index >= 15 is 0 Å². The van der Waals surface area contributed by atoms with Crippen LogP contribution in [0.1, 0.15) is 10.5 Å². The van der Waals surface area contributed by atoms with Crippen LogP contribution in [0.4, 0.5) is 5.69 Å². The first-order valence-corrected chi connectivity index (χ1v) is 7.63. The average Bonchev–Trinajstić information content (AvgIpc) is 3.25. The number of halogens is 1. The van der Waals surface area contributed by atoms with Crippen LogP contribution in [-0.2, 0) is 0 Å². The molecule has 0 atom stereocenters. The molecule has 0 aliphatic heterocycles. The number of imidazole rings is 1. The van der Waals surface area contributed by atoms with Crippen molar-refractivity contribution in [3.8, 4) is 5.69 Å². The molecule has 0 saturated carbocycles. The molecular weight excluding hydrogens is 326 g/mol. The lowest BCUT2D eigenvalue weighted by Gasteiger charge is -2.08. The quantitative estimate of drug-likeness (QED) is 0.623. The number of anilines is 1. The lowest BCUT2D eigenvalue weighted by molar-refractivity contribution is 0.102. The molecule has 6 nitrogen and oxygen atoms in total. The average molecular weight is 338 g/mol. The number of aromatic nitrogens is 4. The standard InChI is InChI=1S/C17H12ClN5O/c18-13-4-1-2-5-14(13)21-17(24)15-10-19-16-7-6-12(11-22(15)16)23-9-3-8-20-23/h1-11H,(H,21,24). The van der Waals surface area contributed by atoms with Crippen molar-refractivity contribution in [3.05, 3.63) is 78.0 Å². The molecule has 0 fully saturated rings. The highest BCUT2D eigenvalue weighted by Crippen LogP contribution is 2.21. The molecular formula is C17H12ClN5O. The van der Waals surface area contributed by atoms with Gasteiger partial charge in [0.05, 0.1) is 22.6 Å². The summed E-state index contributed by atoms with van der Waals surface area (Å²) in [4.78, 5) is 16.9. The van der Waals surface area contributed by atoms with E-state index in [1.54, 1.807) is 27.4 Å². The van der Waals surface area contributed by atoms with E-state index in [1.807, 2.05) is 42.7 Å². The monoisotopic (exact) mass is 337 g/mol. The smallest absolute Gasteiger partial charge is 0.274 e. The third-order valence-corrected chi connectivity index (χ3v) is 3.94. The first-order valence-electron chi connectivity index (χ1n) is 7.25. The fourth-order valence-electron chi connectivity index (χ4n) is 2.44. The van der Waals surface area contributed by atoms with Crippen molar-refractivity contribution >= 4 is 28.8 Å². The highest BCUT2D eigenvalue weighted by molar-refractivity contribution is 6.33. The minimum absolute atomic E-state index is 0.284. The van der Waals surface area contributed by atoms with E-state index in [1.165, 1.54) is 6.20 Å². The summed E-state index contributed by atoms with van der Waals surface area (Å²) in [7, 11) is 0. The lowest BCUT2D eigenvalue weighted by atomic mass is 10.3. The van der Waals surface area contributed by atoms with Crippen LogP contribution >= 0.6 is 11.6 Å². The lowest BCUT2D eigenvalue weighted by Crippen LogP contribution is -2.14. The van der Waals surface area contributed by atoms with E-state index in [9.17, 15) is 4.79 Å². The number of para-hydroxylation sites is 1. The molecule has 3 aromatic heterocycles. The van der Waals surface area contributed by atoms with Gasteiger partial charge in [-0.1, -0.05) is 23.7 Å². The molecule has 4 rings (SSSR count). The largest absolute Gasteiger partial charge is 0.319 e. The zero-order chi connectivity index (χ0) is 16.5. The van der Waals surface area contributed by atoms with Crippen LogP contribution in [0.25, 0.3) is 11.3 Å². The highest BCUT2D eigenvalue weighted by atomic mass is 35.5. The number of nitrogens with zero attached hydrogens (tertiary/aromatic N) is 4. The topological polar surface area (TPSA) is 64.2 Å². The summed E-state index contributed by atoms with van der Waals surface area (Å²) in [6, 6.07) is 12.7. The van der Waals surface area contributed by atoms with Gasteiger partial charge in [0.25, 0.3) is 5.91 Å². The Labute approximate surface area is 142 Å². The fraction of sp³-hybridized carbons (Fsp3) is 0. The number of hydrogen-bond donors (Lipinski definition) is 1. The number of carbonyl (C=O) groups is 1. The van der Waals surface area contributed by atoms with Crippen molar-refractivity contribution in [3.63, 3.8) is 0 Å². The van der Waals surface area contributed by atoms with Gasteiger partial charge in [0.1, 0.15) is 11.3 Å². The summed E-state index contributed by atoms with van der Waals surface area (Å²) in [6.07, 6.45) is 6.88. The zero-order valence-corrected chi connectivity index (χ0v) is 13.2. The Morgan fingerprint density at radius 1 is 1.12 bits per heavy atom. The SMILES string of the molecule is O=C(Nc1ccccc1Cl)c1cnc2ccc(-n3cccn3)cn12. The Kier molecular flexibility index (Phi) is 3.51. The van der Waals surface area contributed by atoms with E-state index in [-0.39, 0.29) is 5.91 Å². The Morgan fingerprint density at radius 3 is 2.79 bits per heavy atom. The molecule has 1 N–H and O–H groups in total.